The number of aromatic nitrogens is 2. The molecule has 0 aliphatic carbocycles. The smallest absolute Gasteiger partial charge is 0.247 e. The molecule has 0 spiro atoms. The van der Waals surface area contributed by atoms with Gasteiger partial charge in [-0.2, -0.15) is 0 Å². The van der Waals surface area contributed by atoms with Crippen molar-refractivity contribution in [2.45, 2.75) is 116 Å². The molecule has 2 heterocycles. The predicted molar refractivity (Wildman–Crippen MR) is 159 cm³/mol. The third-order valence-corrected chi connectivity index (χ3v) is 18.7. The third kappa shape index (κ3) is 5.98. The molecule has 0 aliphatic heterocycles. The molecule has 0 saturated heterocycles. The molecule has 0 aliphatic rings. The van der Waals surface area contributed by atoms with Crippen LogP contribution in [-0.2, 0) is 12.3 Å². The van der Waals surface area contributed by atoms with E-state index >= 15 is 0 Å². The molecule has 2 aromatic rings. The second kappa shape index (κ2) is 9.63. The highest BCUT2D eigenvalue weighted by Gasteiger charge is 2.54. The highest BCUT2D eigenvalue weighted by atomic mass is 31.2. The van der Waals surface area contributed by atoms with E-state index in [1.165, 1.54) is 0 Å². The Labute approximate surface area is 214 Å². The van der Waals surface area contributed by atoms with Crippen molar-refractivity contribution in [3.05, 3.63) is 47.8 Å². The monoisotopic (exact) mass is 494 g/mol. The van der Waals surface area contributed by atoms with Crippen molar-refractivity contribution in [1.29, 1.82) is 0 Å². The SMILES string of the molecule is [B][P+](Cc1cccc(-c2cccc(C[P+]([B])(C(C)(C)C)C(C)(C)C)n2)n1)(C(C)(C)C)C(C)(C)C. The van der Waals surface area contributed by atoms with Crippen molar-refractivity contribution in [2.75, 3.05) is 0 Å². The van der Waals surface area contributed by atoms with E-state index in [2.05, 4.69) is 119 Å². The first-order valence-corrected chi connectivity index (χ1v) is 16.5. The van der Waals surface area contributed by atoms with E-state index in [0.717, 1.165) is 35.1 Å². The van der Waals surface area contributed by atoms with Gasteiger partial charge in [0.1, 0.15) is 0 Å². The zero-order valence-electron chi connectivity index (χ0n) is 23.8. The Hall–Kier alpha value is -0.710. The maximum absolute atomic E-state index is 7.19. The highest BCUT2D eigenvalue weighted by molar-refractivity contribution is 7.99. The second-order valence-corrected chi connectivity index (χ2v) is 23.2. The minimum absolute atomic E-state index is 0.0369. The van der Waals surface area contributed by atoms with Crippen molar-refractivity contribution in [1.82, 2.24) is 9.97 Å². The Morgan fingerprint density at radius 1 is 0.529 bits per heavy atom. The molecule has 2 rings (SSSR count). The van der Waals surface area contributed by atoms with Crippen LogP contribution >= 0.6 is 14.3 Å². The standard InChI is InChI=1S/C28H46B2N2P2/c1-25(2,3)33(29,26(4,5)6)19-21-15-13-17-23(31-21)24-18-14-16-22(32-24)20-34(30,27(7,8)9)28(10,11)12/h13-18H,19-20H2,1-12H3/q+2. The summed E-state index contributed by atoms with van der Waals surface area (Å²) in [5.74, 6) is 0. The maximum Gasteiger partial charge on any atom is 0.366 e. The molecule has 182 valence electrons. The summed E-state index contributed by atoms with van der Waals surface area (Å²) in [6, 6.07) is 12.5. The van der Waals surface area contributed by atoms with Crippen LogP contribution in [0.3, 0.4) is 0 Å². The first-order valence-electron chi connectivity index (χ1n) is 12.4. The quantitative estimate of drug-likeness (QED) is 0.308. The normalized spacial score (nSPS) is 14.4. The van der Waals surface area contributed by atoms with Crippen LogP contribution in [0, 0.1) is 0 Å². The number of hydrogen-bond acceptors (Lipinski definition) is 2. The Balaban J connectivity index is 2.45. The van der Waals surface area contributed by atoms with E-state index in [4.69, 9.17) is 25.1 Å². The molecule has 0 N–H and O–H groups in total. The van der Waals surface area contributed by atoms with Crippen LogP contribution in [0.4, 0.5) is 0 Å². The fraction of sp³-hybridized carbons (Fsp3) is 0.643. The van der Waals surface area contributed by atoms with E-state index in [9.17, 15) is 0 Å². The Kier molecular flexibility index (Phi) is 8.36. The van der Waals surface area contributed by atoms with Crippen molar-refractivity contribution in [3.8, 4) is 11.4 Å². The lowest BCUT2D eigenvalue weighted by molar-refractivity contribution is 0.694. The number of hydrogen-bond donors (Lipinski definition) is 0. The van der Waals surface area contributed by atoms with E-state index in [-0.39, 0.29) is 20.6 Å². The lowest BCUT2D eigenvalue weighted by Crippen LogP contribution is -2.35. The summed E-state index contributed by atoms with van der Waals surface area (Å²) in [6.07, 6.45) is 1.64. The molecule has 6 heteroatoms. The largest absolute Gasteiger partial charge is 0.366 e. The summed E-state index contributed by atoms with van der Waals surface area (Å²) in [7, 11) is 10.7. The molecule has 34 heavy (non-hydrogen) atoms. The lowest BCUT2D eigenvalue weighted by Gasteiger charge is -2.45. The predicted octanol–water partition coefficient (Wildman–Crippen LogP) is 8.54. The van der Waals surface area contributed by atoms with Gasteiger partial charge in [0.2, 0.25) is 0 Å². The maximum atomic E-state index is 7.19. The molecular formula is C28H46B2N2P2+2. The van der Waals surface area contributed by atoms with Crippen molar-refractivity contribution < 1.29 is 0 Å². The highest BCUT2D eigenvalue weighted by Crippen LogP contribution is 2.75. The van der Waals surface area contributed by atoms with Gasteiger partial charge in [0, 0.05) is 0 Å². The summed E-state index contributed by atoms with van der Waals surface area (Å²) in [6.45, 7) is 27.3. The van der Waals surface area contributed by atoms with Crippen LogP contribution in [0.25, 0.3) is 11.4 Å². The van der Waals surface area contributed by atoms with Crippen molar-refractivity contribution in [3.63, 3.8) is 0 Å². The molecule has 2 nitrogen and oxygen atoms in total. The van der Waals surface area contributed by atoms with Crippen molar-refractivity contribution >= 4 is 29.4 Å². The molecule has 0 bridgehead atoms. The van der Waals surface area contributed by atoms with Crippen LogP contribution in [0.2, 0.25) is 0 Å². The summed E-state index contributed by atoms with van der Waals surface area (Å²) < 4.78 is 0. The van der Waals surface area contributed by atoms with Crippen LogP contribution < -0.4 is 0 Å². The van der Waals surface area contributed by atoms with Crippen LogP contribution in [0.5, 0.6) is 0 Å². The summed E-state index contributed by atoms with van der Waals surface area (Å²) >= 11 is 0. The Morgan fingerprint density at radius 2 is 0.794 bits per heavy atom. The van der Waals surface area contributed by atoms with E-state index in [0.29, 0.717) is 0 Å². The summed E-state index contributed by atoms with van der Waals surface area (Å²) in [5.41, 5.74) is 3.91. The average Bonchev–Trinajstić information content (AvgIpc) is 2.65. The van der Waals surface area contributed by atoms with Gasteiger partial charge in [0.15, 0.2) is 0 Å². The average molecular weight is 494 g/mol. The molecular weight excluding hydrogens is 448 g/mol. The van der Waals surface area contributed by atoms with Gasteiger partial charge in [-0.05, 0) is 122 Å². The van der Waals surface area contributed by atoms with Crippen LogP contribution in [0.1, 0.15) is 94.5 Å². The van der Waals surface area contributed by atoms with E-state index < -0.39 is 14.3 Å². The van der Waals surface area contributed by atoms with Crippen LogP contribution in [0.15, 0.2) is 36.4 Å². The Morgan fingerprint density at radius 3 is 1.03 bits per heavy atom. The van der Waals surface area contributed by atoms with Gasteiger partial charge in [-0.3, -0.25) is 0 Å². The zero-order chi connectivity index (χ0) is 26.4. The number of rotatable bonds is 5. The fourth-order valence-corrected chi connectivity index (χ4v) is 12.2. The van der Waals surface area contributed by atoms with Gasteiger partial charge in [-0.25, -0.2) is 9.97 Å². The molecule has 0 atom stereocenters. The Bertz CT molecular complexity index is 883. The summed E-state index contributed by atoms with van der Waals surface area (Å²) in [4.78, 5) is 10.1. The first-order chi connectivity index (χ1) is 15.1. The van der Waals surface area contributed by atoms with E-state index in [1.54, 1.807) is 0 Å². The van der Waals surface area contributed by atoms with Gasteiger partial charge in [0.25, 0.3) is 0 Å². The number of pyridine rings is 2. The summed E-state index contributed by atoms with van der Waals surface area (Å²) in [5, 5.41) is 0.148. The van der Waals surface area contributed by atoms with Gasteiger partial charge in [0.05, 0.1) is 55.7 Å². The molecule has 0 aromatic carbocycles. The van der Waals surface area contributed by atoms with Gasteiger partial charge in [-0.1, -0.05) is 12.1 Å². The van der Waals surface area contributed by atoms with Crippen molar-refractivity contribution in [2.24, 2.45) is 0 Å². The third-order valence-electron chi connectivity index (χ3n) is 7.49. The minimum Gasteiger partial charge on any atom is -0.247 e. The fourth-order valence-electron chi connectivity index (χ4n) is 4.89. The molecule has 4 radical (unpaired) electrons. The molecule has 0 saturated carbocycles. The zero-order valence-corrected chi connectivity index (χ0v) is 25.6. The first kappa shape index (κ1) is 29.5. The van der Waals surface area contributed by atoms with E-state index in [1.807, 2.05) is 0 Å². The topological polar surface area (TPSA) is 25.8 Å². The van der Waals surface area contributed by atoms with Gasteiger partial charge in [-0.15, -0.1) is 0 Å². The minimum atomic E-state index is -1.84. The molecule has 0 amide bonds. The molecule has 0 unspecified atom stereocenters. The second-order valence-electron chi connectivity index (χ2n) is 13.8. The lowest BCUT2D eigenvalue weighted by atomic mass is 10.2. The number of nitrogens with zero attached hydrogens (tertiary/aromatic N) is 2. The van der Waals surface area contributed by atoms with Gasteiger partial charge < -0.3 is 0 Å². The van der Waals surface area contributed by atoms with Gasteiger partial charge >= 0.3 is 15.1 Å². The molecule has 2 aromatic heterocycles. The van der Waals surface area contributed by atoms with Crippen LogP contribution in [-0.4, -0.2) is 45.7 Å². The molecule has 0 fully saturated rings.